The molecule has 0 saturated carbocycles. The first-order chi connectivity index (χ1) is 18.8. The van der Waals surface area contributed by atoms with Gasteiger partial charge in [-0.05, 0) is 114 Å². The summed E-state index contributed by atoms with van der Waals surface area (Å²) in [6.07, 6.45) is 1.83. The fourth-order valence-electron chi connectivity index (χ4n) is 3.73. The second-order valence-corrected chi connectivity index (χ2v) is 10.4. The smallest absolute Gasteiger partial charge is 0.269 e. The van der Waals surface area contributed by atoms with Crippen LogP contribution in [0.25, 0.3) is 6.08 Å². The van der Waals surface area contributed by atoms with Crippen molar-refractivity contribution in [3.63, 3.8) is 0 Å². The summed E-state index contributed by atoms with van der Waals surface area (Å²) in [6.45, 7) is 4.95. The summed E-state index contributed by atoms with van der Waals surface area (Å²) < 4.78 is 17.9. The molecule has 9 nitrogen and oxygen atoms in total. The fraction of sp³-hybridized carbons (Fsp3) is 0.214. The van der Waals surface area contributed by atoms with Crippen molar-refractivity contribution in [2.75, 3.05) is 20.3 Å². The zero-order chi connectivity index (χ0) is 27.9. The van der Waals surface area contributed by atoms with Gasteiger partial charge in [0, 0.05) is 18.7 Å². The molecule has 39 heavy (non-hydrogen) atoms. The summed E-state index contributed by atoms with van der Waals surface area (Å²) in [7, 11) is 1.61. The summed E-state index contributed by atoms with van der Waals surface area (Å²) in [5.41, 5.74) is 2.34. The largest absolute Gasteiger partial charge is 0.497 e. The molecule has 0 unspecified atom stereocenters. The first-order valence-electron chi connectivity index (χ1n) is 12.1. The highest BCUT2D eigenvalue weighted by Crippen LogP contribution is 2.38. The van der Waals surface area contributed by atoms with Gasteiger partial charge in [-0.3, -0.25) is 19.8 Å². The maximum absolute atomic E-state index is 13.2. The first kappa shape index (κ1) is 28.4. The number of benzene rings is 3. The molecule has 3 aromatic carbocycles. The number of carbonyl (C=O) groups is 1. The predicted molar refractivity (Wildman–Crippen MR) is 161 cm³/mol. The molecule has 11 heteroatoms. The van der Waals surface area contributed by atoms with Gasteiger partial charge in [-0.2, -0.15) is 0 Å². The Morgan fingerprint density at radius 2 is 1.79 bits per heavy atom. The van der Waals surface area contributed by atoms with E-state index < -0.39 is 4.92 Å². The number of hydrogen-bond acceptors (Lipinski definition) is 8. The number of ether oxygens (including phenoxy) is 3. The van der Waals surface area contributed by atoms with Crippen molar-refractivity contribution < 1.29 is 23.9 Å². The number of halogens is 1. The lowest BCUT2D eigenvalue weighted by molar-refractivity contribution is -0.384. The number of amidine groups is 1. The Bertz CT molecular complexity index is 1420. The average molecular weight is 660 g/mol. The van der Waals surface area contributed by atoms with E-state index in [9.17, 15) is 14.9 Å². The zero-order valence-electron chi connectivity index (χ0n) is 21.5. The van der Waals surface area contributed by atoms with Crippen LogP contribution in [0.1, 0.15) is 25.0 Å². The van der Waals surface area contributed by atoms with Gasteiger partial charge < -0.3 is 14.2 Å². The van der Waals surface area contributed by atoms with Crippen LogP contribution in [0.2, 0.25) is 0 Å². The van der Waals surface area contributed by atoms with Crippen LogP contribution in [-0.2, 0) is 11.4 Å². The molecule has 1 saturated heterocycles. The Balaban J connectivity index is 1.57. The van der Waals surface area contributed by atoms with Gasteiger partial charge in [0.1, 0.15) is 12.4 Å². The molecule has 0 atom stereocenters. The normalized spacial score (nSPS) is 15.2. The van der Waals surface area contributed by atoms with E-state index in [-0.39, 0.29) is 18.2 Å². The van der Waals surface area contributed by atoms with E-state index in [1.165, 1.54) is 23.9 Å². The lowest BCUT2D eigenvalue weighted by Gasteiger charge is -2.15. The topological polar surface area (TPSA) is 104 Å². The number of aliphatic imine (C=N–C) groups is 1. The van der Waals surface area contributed by atoms with Crippen molar-refractivity contribution >= 4 is 62.9 Å². The number of likely N-dealkylation sites (N-methyl/N-ethyl adjacent to an activating group) is 1. The Hall–Kier alpha value is -3.58. The highest BCUT2D eigenvalue weighted by atomic mass is 127. The van der Waals surface area contributed by atoms with Gasteiger partial charge in [-0.15, -0.1) is 0 Å². The van der Waals surface area contributed by atoms with Crippen LogP contribution in [-0.4, -0.2) is 41.2 Å². The van der Waals surface area contributed by atoms with E-state index in [1.807, 2.05) is 56.3 Å². The highest BCUT2D eigenvalue weighted by molar-refractivity contribution is 14.1. The molecule has 1 aliphatic rings. The third kappa shape index (κ3) is 6.90. The summed E-state index contributed by atoms with van der Waals surface area (Å²) in [4.78, 5) is 30.5. The highest BCUT2D eigenvalue weighted by Gasteiger charge is 2.32. The number of amides is 1. The van der Waals surface area contributed by atoms with E-state index in [4.69, 9.17) is 14.2 Å². The molecule has 0 radical (unpaired) electrons. The van der Waals surface area contributed by atoms with Crippen molar-refractivity contribution in [3.05, 3.63) is 90.4 Å². The fourth-order valence-corrected chi connectivity index (χ4v) is 5.58. The molecule has 3 aromatic rings. The number of nitrogens with zero attached hydrogens (tertiary/aromatic N) is 3. The molecule has 202 valence electrons. The molecule has 0 aromatic heterocycles. The minimum absolute atomic E-state index is 0.0268. The van der Waals surface area contributed by atoms with Crippen molar-refractivity contribution in [1.82, 2.24) is 4.90 Å². The van der Waals surface area contributed by atoms with Gasteiger partial charge in [-0.1, -0.05) is 0 Å². The van der Waals surface area contributed by atoms with Gasteiger partial charge >= 0.3 is 0 Å². The zero-order valence-corrected chi connectivity index (χ0v) is 24.5. The van der Waals surface area contributed by atoms with Crippen LogP contribution in [0.5, 0.6) is 17.2 Å². The quantitative estimate of drug-likeness (QED) is 0.102. The Kier molecular flexibility index (Phi) is 9.46. The molecule has 1 heterocycles. The summed E-state index contributed by atoms with van der Waals surface area (Å²) in [5.74, 6) is 1.75. The van der Waals surface area contributed by atoms with Crippen LogP contribution in [0, 0.1) is 13.7 Å². The van der Waals surface area contributed by atoms with Gasteiger partial charge in [0.15, 0.2) is 16.7 Å². The Morgan fingerprint density at radius 3 is 2.41 bits per heavy atom. The number of thioether (sulfide) groups is 1. The third-order valence-electron chi connectivity index (χ3n) is 5.66. The second-order valence-electron chi connectivity index (χ2n) is 8.23. The van der Waals surface area contributed by atoms with E-state index in [2.05, 4.69) is 27.6 Å². The van der Waals surface area contributed by atoms with Crippen molar-refractivity contribution in [1.29, 1.82) is 0 Å². The van der Waals surface area contributed by atoms with E-state index in [0.717, 1.165) is 26.1 Å². The van der Waals surface area contributed by atoms with Crippen LogP contribution < -0.4 is 14.2 Å². The third-order valence-corrected chi connectivity index (χ3v) is 7.47. The van der Waals surface area contributed by atoms with Crippen molar-refractivity contribution in [3.8, 4) is 17.2 Å². The molecule has 0 N–H and O–H groups in total. The molecular formula is C28H26IN3O6S. The molecule has 0 spiro atoms. The van der Waals surface area contributed by atoms with Crippen LogP contribution >= 0.6 is 34.4 Å². The summed E-state index contributed by atoms with van der Waals surface area (Å²) in [6, 6.07) is 17.3. The Morgan fingerprint density at radius 1 is 1.08 bits per heavy atom. The van der Waals surface area contributed by atoms with Gasteiger partial charge in [0.05, 0.1) is 32.8 Å². The molecule has 1 fully saturated rings. The van der Waals surface area contributed by atoms with Gasteiger partial charge in [0.2, 0.25) is 0 Å². The minimum atomic E-state index is -0.436. The van der Waals surface area contributed by atoms with E-state index in [0.29, 0.717) is 34.7 Å². The maximum atomic E-state index is 13.2. The van der Waals surface area contributed by atoms with Crippen LogP contribution in [0.3, 0.4) is 0 Å². The van der Waals surface area contributed by atoms with Gasteiger partial charge in [0.25, 0.3) is 11.6 Å². The van der Waals surface area contributed by atoms with Crippen molar-refractivity contribution in [2.45, 2.75) is 20.5 Å². The summed E-state index contributed by atoms with van der Waals surface area (Å²) in [5, 5.41) is 11.5. The first-order valence-corrected chi connectivity index (χ1v) is 14.0. The molecule has 1 aliphatic heterocycles. The molecule has 4 rings (SSSR count). The SMILES string of the molecule is CCOc1cc(/C=C2/SC(=Nc3ccc(OC)cc3)N(CC)C2=O)cc(I)c1OCc1ccc([N+](=O)[O-])cc1. The maximum Gasteiger partial charge on any atom is 0.269 e. The number of nitro benzene ring substituents is 1. The molecule has 0 aliphatic carbocycles. The number of nitro groups is 1. The minimum Gasteiger partial charge on any atom is -0.497 e. The molecule has 1 amide bonds. The van der Waals surface area contributed by atoms with Crippen LogP contribution in [0.4, 0.5) is 11.4 Å². The second kappa shape index (κ2) is 13.0. The van der Waals surface area contributed by atoms with Crippen LogP contribution in [0.15, 0.2) is 70.6 Å². The monoisotopic (exact) mass is 659 g/mol. The number of rotatable bonds is 10. The van der Waals surface area contributed by atoms with E-state index in [1.54, 1.807) is 24.1 Å². The van der Waals surface area contributed by atoms with Gasteiger partial charge in [-0.25, -0.2) is 4.99 Å². The lowest BCUT2D eigenvalue weighted by Crippen LogP contribution is -2.28. The molecule has 0 bridgehead atoms. The number of non-ortho nitro benzene ring substituents is 1. The standard InChI is InChI=1S/C28H26IN3O6S/c1-4-31-27(33)25(39-28(31)30-20-8-12-22(36-3)13-9-20)16-19-14-23(29)26(24(15-19)37-5-2)38-17-18-6-10-21(11-7-18)32(34)35/h6-16H,4-5,17H2,1-3H3/b25-16+,30-28?. The molecular weight excluding hydrogens is 633 g/mol. The number of carbonyl (C=O) groups excluding carboxylic acids is 1. The predicted octanol–water partition coefficient (Wildman–Crippen LogP) is 6.81. The lowest BCUT2D eigenvalue weighted by atomic mass is 10.1. The number of hydrogen-bond donors (Lipinski definition) is 0. The van der Waals surface area contributed by atoms with Crippen molar-refractivity contribution in [2.24, 2.45) is 4.99 Å². The van der Waals surface area contributed by atoms with E-state index >= 15 is 0 Å². The Labute approximate surface area is 244 Å². The summed E-state index contributed by atoms with van der Waals surface area (Å²) >= 11 is 3.50. The average Bonchev–Trinajstić information content (AvgIpc) is 3.22. The number of methoxy groups -OCH3 is 1.